The first-order chi connectivity index (χ1) is 38.5. The predicted octanol–water partition coefficient (Wildman–Crippen LogP) is -6.62. The molecule has 0 spiro atoms. The van der Waals surface area contributed by atoms with Crippen molar-refractivity contribution in [3.63, 3.8) is 0 Å². The van der Waals surface area contributed by atoms with Gasteiger partial charge in [-0.05, 0) is 44.7 Å². The fourth-order valence-corrected chi connectivity index (χ4v) is 7.21. The molecule has 0 radical (unpaired) electrons. The van der Waals surface area contributed by atoms with Crippen molar-refractivity contribution in [1.82, 2.24) is 53.2 Å². The molecule has 0 fully saturated rings. The Morgan fingerprint density at radius 3 is 1.27 bits per heavy atom. The number of benzene rings is 2. The minimum absolute atomic E-state index is 0.219. The number of carboxylic acid groups (broad SMARTS) is 5. The normalized spacial score (nSPS) is 14.4. The summed E-state index contributed by atoms with van der Waals surface area (Å²) in [5, 5.41) is 78.6. The van der Waals surface area contributed by atoms with E-state index in [1.165, 1.54) is 0 Å². The van der Waals surface area contributed by atoms with Crippen LogP contribution in [0.2, 0.25) is 0 Å². The van der Waals surface area contributed by atoms with Gasteiger partial charge in [-0.25, -0.2) is 4.79 Å². The summed E-state index contributed by atoms with van der Waals surface area (Å²) in [6.07, 6.45) is -6.27. The standard InChI is InChI=1S/C50H67N11O21/c1-24(42(73)54-25(2)43(74)57-31(15-17-38(67)68)47(78)61-41(26(3)62)50(81)82)55-46(77)30(14-16-37(65)66)58-48(79)33(19-28-12-8-5-9-13-28)56-36(64)23-52-35(63)22-53-45(76)32(18-27-10-6-4-7-11-27)60-49(80)34(21-40(71)72)59-44(75)29(51)20-39(69)70/h4-13,24-26,29-34,41,62H,14-23,51H2,1-3H3,(H,52,63)(H,53,76)(H,54,73)(H,55,77)(H,56,64)(H,57,74)(H,58,79)(H,59,75)(H,60,80)(H,61,78)(H,65,66)(H,67,68)(H,69,70)(H,71,72)(H,81,82)/p+1/t24-,25-,26+,29-,30-,31-,32-,33-,34-,41-/m0/s1. The molecule has 0 aliphatic rings. The second-order valence-electron chi connectivity index (χ2n) is 18.5. The quantitative estimate of drug-likeness (QED) is 0.0302. The summed E-state index contributed by atoms with van der Waals surface area (Å²) >= 11 is 0. The van der Waals surface area contributed by atoms with E-state index in [1.54, 1.807) is 60.7 Å². The van der Waals surface area contributed by atoms with Crippen molar-refractivity contribution in [2.75, 3.05) is 13.1 Å². The van der Waals surface area contributed by atoms with Crippen molar-refractivity contribution < 1.29 is 108 Å². The van der Waals surface area contributed by atoms with Crippen LogP contribution in [-0.2, 0) is 84.8 Å². The van der Waals surface area contributed by atoms with Gasteiger partial charge in [0, 0.05) is 25.7 Å². The van der Waals surface area contributed by atoms with Crippen LogP contribution >= 0.6 is 0 Å². The van der Waals surface area contributed by atoms with Gasteiger partial charge in [0.05, 0.1) is 25.6 Å². The summed E-state index contributed by atoms with van der Waals surface area (Å²) in [5.74, 6) is -17.9. The molecule has 448 valence electrons. The molecule has 2 aromatic carbocycles. The summed E-state index contributed by atoms with van der Waals surface area (Å²) in [7, 11) is 0. The zero-order valence-electron chi connectivity index (χ0n) is 44.6. The molecule has 2 rings (SSSR count). The lowest BCUT2D eigenvalue weighted by atomic mass is 10.0. The van der Waals surface area contributed by atoms with E-state index in [1.807, 2.05) is 5.32 Å². The first-order valence-electron chi connectivity index (χ1n) is 25.1. The Morgan fingerprint density at radius 1 is 0.415 bits per heavy atom. The van der Waals surface area contributed by atoms with Crippen LogP contribution in [0.25, 0.3) is 0 Å². The maximum Gasteiger partial charge on any atom is 0.328 e. The van der Waals surface area contributed by atoms with Crippen LogP contribution in [0.3, 0.4) is 0 Å². The molecule has 0 bridgehead atoms. The third kappa shape index (κ3) is 25.9. The Bertz CT molecular complexity index is 2640. The fraction of sp³-hybridized carbons (Fsp3) is 0.460. The lowest BCUT2D eigenvalue weighted by Gasteiger charge is -2.25. The molecule has 0 heterocycles. The number of carbonyl (C=O) groups is 15. The van der Waals surface area contributed by atoms with E-state index < -0.39 is 201 Å². The maximum absolute atomic E-state index is 13.9. The van der Waals surface area contributed by atoms with Crippen molar-refractivity contribution in [1.29, 1.82) is 0 Å². The number of carbonyl (C=O) groups excluding carboxylic acids is 10. The third-order valence-corrected chi connectivity index (χ3v) is 11.6. The highest BCUT2D eigenvalue weighted by Crippen LogP contribution is 2.09. The first-order valence-corrected chi connectivity index (χ1v) is 25.1. The number of hydrogen-bond acceptors (Lipinski definition) is 16. The summed E-state index contributed by atoms with van der Waals surface area (Å²) in [4.78, 5) is 190. The van der Waals surface area contributed by atoms with Gasteiger partial charge in [0.1, 0.15) is 48.7 Å². The first kappa shape index (κ1) is 68.5. The van der Waals surface area contributed by atoms with E-state index in [0.717, 1.165) is 20.8 Å². The van der Waals surface area contributed by atoms with Gasteiger partial charge in [0.15, 0.2) is 12.1 Å². The zero-order chi connectivity index (χ0) is 61.8. The number of aliphatic carboxylic acids is 5. The van der Waals surface area contributed by atoms with Gasteiger partial charge >= 0.3 is 29.8 Å². The molecule has 0 aliphatic carbocycles. The van der Waals surface area contributed by atoms with Gasteiger partial charge in [-0.1, -0.05) is 60.7 Å². The number of carboxylic acids is 5. The molecule has 19 N–H and O–H groups in total. The highest BCUT2D eigenvalue weighted by Gasteiger charge is 2.35. The summed E-state index contributed by atoms with van der Waals surface area (Å²) in [6.45, 7) is 1.72. The lowest BCUT2D eigenvalue weighted by Crippen LogP contribution is -2.69. The number of aliphatic hydroxyl groups is 1. The van der Waals surface area contributed by atoms with Crippen LogP contribution in [0.15, 0.2) is 60.7 Å². The van der Waals surface area contributed by atoms with Gasteiger partial charge < -0.3 is 89.5 Å². The lowest BCUT2D eigenvalue weighted by molar-refractivity contribution is -0.403. The van der Waals surface area contributed by atoms with Crippen molar-refractivity contribution >= 4 is 88.9 Å². The van der Waals surface area contributed by atoms with Crippen LogP contribution in [-0.4, -0.2) is 193 Å². The molecular formula is C50H68N11O21+. The molecule has 10 amide bonds. The minimum atomic E-state index is -1.84. The van der Waals surface area contributed by atoms with E-state index in [2.05, 4.69) is 53.6 Å². The highest BCUT2D eigenvalue weighted by atomic mass is 16.4. The van der Waals surface area contributed by atoms with Crippen LogP contribution in [0.4, 0.5) is 0 Å². The molecule has 82 heavy (non-hydrogen) atoms. The van der Waals surface area contributed by atoms with Gasteiger partial charge in [-0.3, -0.25) is 67.1 Å². The predicted molar refractivity (Wildman–Crippen MR) is 277 cm³/mol. The molecule has 0 aromatic heterocycles. The van der Waals surface area contributed by atoms with Gasteiger partial charge in [0.2, 0.25) is 53.2 Å². The van der Waals surface area contributed by atoms with Gasteiger partial charge in [0.25, 0.3) is 5.91 Å². The number of rotatable bonds is 36. The number of nitrogens with one attached hydrogen (secondary N) is 10. The zero-order valence-corrected chi connectivity index (χ0v) is 44.6. The largest absolute Gasteiger partial charge is 0.481 e. The molecule has 0 saturated heterocycles. The van der Waals surface area contributed by atoms with Crippen LogP contribution in [0, 0.1) is 0 Å². The Kier molecular flexibility index (Phi) is 28.8. The average molecular weight is 1160 g/mol. The topological polar surface area (TPSA) is 525 Å². The number of hydrogen-bond donors (Lipinski definition) is 17. The second-order valence-corrected chi connectivity index (χ2v) is 18.5. The third-order valence-electron chi connectivity index (χ3n) is 11.6. The monoisotopic (exact) mass is 1160 g/mol. The van der Waals surface area contributed by atoms with E-state index >= 15 is 0 Å². The molecule has 0 aliphatic heterocycles. The Morgan fingerprint density at radius 2 is 0.805 bits per heavy atom. The second kappa shape index (κ2) is 34.4. The molecule has 10 atom stereocenters. The highest BCUT2D eigenvalue weighted by molar-refractivity contribution is 5.99. The van der Waals surface area contributed by atoms with Crippen LogP contribution in [0.1, 0.15) is 70.4 Å². The molecule has 2 aromatic rings. The summed E-state index contributed by atoms with van der Waals surface area (Å²) in [5.41, 5.74) is 4.36. The maximum atomic E-state index is 13.9. The summed E-state index contributed by atoms with van der Waals surface area (Å²) < 4.78 is 0. The van der Waals surface area contributed by atoms with Crippen molar-refractivity contribution in [3.05, 3.63) is 71.8 Å². The van der Waals surface area contributed by atoms with E-state index in [9.17, 15) is 92.3 Å². The molecule has 32 nitrogen and oxygen atoms in total. The Labute approximate surface area is 466 Å². The van der Waals surface area contributed by atoms with Gasteiger partial charge in [-0.2, -0.15) is 0 Å². The molecule has 0 saturated carbocycles. The molecule has 0 unspecified atom stereocenters. The number of quaternary nitrogens is 1. The molecular weight excluding hydrogens is 1090 g/mol. The van der Waals surface area contributed by atoms with Crippen molar-refractivity contribution in [2.24, 2.45) is 0 Å². The summed E-state index contributed by atoms with van der Waals surface area (Å²) in [6, 6.07) is 1.65. The smallest absolute Gasteiger partial charge is 0.328 e. The number of aliphatic hydroxyl groups excluding tert-OH is 1. The number of amides is 10. The fourth-order valence-electron chi connectivity index (χ4n) is 7.21. The minimum Gasteiger partial charge on any atom is -0.481 e. The van der Waals surface area contributed by atoms with Crippen LogP contribution in [0.5, 0.6) is 0 Å². The average Bonchev–Trinajstić information content (AvgIpc) is 3.45. The van der Waals surface area contributed by atoms with E-state index in [-0.39, 0.29) is 12.8 Å². The van der Waals surface area contributed by atoms with Crippen LogP contribution < -0.4 is 58.9 Å². The van der Waals surface area contributed by atoms with E-state index in [0.29, 0.717) is 11.1 Å². The SMILES string of the molecule is C[C@H](NC(=O)[C@H](C)NC(=O)[C@H](CCC(=O)O)NC(=O)[C@H](Cc1ccccc1)NC(=O)CNC(=O)CNC(=O)[C@H](Cc1ccccc1)NC(=O)[C@H](CC(=O)O)NC(=O)[C@@H]([NH3+])CC(=O)O)C(=O)N[C@@H](CCC(=O)O)C(=O)N[C@H](C(=O)O)[C@@H](C)O. The Hall–Kier alpha value is -9.59. The van der Waals surface area contributed by atoms with E-state index in [4.69, 9.17) is 10.2 Å². The van der Waals surface area contributed by atoms with Crippen molar-refractivity contribution in [3.8, 4) is 0 Å². The Balaban J connectivity index is 2.20. The molecule has 32 heteroatoms. The van der Waals surface area contributed by atoms with Gasteiger partial charge in [-0.15, -0.1) is 0 Å². The van der Waals surface area contributed by atoms with Crippen molar-refractivity contribution in [2.45, 2.75) is 133 Å².